The summed E-state index contributed by atoms with van der Waals surface area (Å²) in [5.41, 5.74) is 1.74. The Morgan fingerprint density at radius 3 is 2.36 bits per heavy atom. The number of halogens is 1. The van der Waals surface area contributed by atoms with Crippen LogP contribution in [0.4, 0.5) is 0 Å². The zero-order chi connectivity index (χ0) is 18.2. The molecule has 0 saturated carbocycles. The molecule has 2 amide bonds. The lowest BCUT2D eigenvalue weighted by Gasteiger charge is -2.29. The summed E-state index contributed by atoms with van der Waals surface area (Å²) in [5.74, 6) is -0.277. The molecule has 0 unspecified atom stereocenters. The topological polar surface area (TPSA) is 49.4 Å². The second kappa shape index (κ2) is 9.23. The van der Waals surface area contributed by atoms with Gasteiger partial charge in [-0.3, -0.25) is 9.59 Å². The van der Waals surface area contributed by atoms with Crippen LogP contribution >= 0.6 is 11.6 Å². The predicted octanol–water partition coefficient (Wildman–Crippen LogP) is 3.44. The van der Waals surface area contributed by atoms with E-state index in [2.05, 4.69) is 5.32 Å². The molecule has 0 saturated heterocycles. The molecular weight excluding hydrogens is 336 g/mol. The molecule has 2 rings (SSSR count). The summed E-state index contributed by atoms with van der Waals surface area (Å²) in [4.78, 5) is 26.7. The summed E-state index contributed by atoms with van der Waals surface area (Å²) in [5, 5.41) is 3.37. The maximum Gasteiger partial charge on any atom is 0.242 e. The van der Waals surface area contributed by atoms with Crippen LogP contribution in [0.25, 0.3) is 0 Å². The average Bonchev–Trinajstić information content (AvgIpc) is 2.61. The largest absolute Gasteiger partial charge is 0.355 e. The van der Waals surface area contributed by atoms with Gasteiger partial charge in [-0.05, 0) is 31.0 Å². The van der Waals surface area contributed by atoms with E-state index in [-0.39, 0.29) is 18.2 Å². The number of rotatable bonds is 7. The van der Waals surface area contributed by atoms with Gasteiger partial charge in [-0.2, -0.15) is 0 Å². The van der Waals surface area contributed by atoms with E-state index < -0.39 is 6.04 Å². The molecule has 0 aliphatic carbocycles. The number of nitrogens with one attached hydrogen (secondary N) is 1. The Hall–Kier alpha value is -2.33. The van der Waals surface area contributed by atoms with Crippen LogP contribution in [0, 0.1) is 0 Å². The van der Waals surface area contributed by atoms with Crippen molar-refractivity contribution < 1.29 is 9.59 Å². The van der Waals surface area contributed by atoms with Gasteiger partial charge in [-0.15, -0.1) is 0 Å². The average molecular weight is 359 g/mol. The number of carbonyl (C=O) groups is 2. The number of hydrogen-bond donors (Lipinski definition) is 1. The normalized spacial score (nSPS) is 11.6. The van der Waals surface area contributed by atoms with Gasteiger partial charge in [0.15, 0.2) is 0 Å². The highest BCUT2D eigenvalue weighted by atomic mass is 35.5. The summed E-state index contributed by atoms with van der Waals surface area (Å²) < 4.78 is 0. The minimum absolute atomic E-state index is 0.107. The molecule has 0 bridgehead atoms. The third-order valence-corrected chi connectivity index (χ3v) is 4.38. The van der Waals surface area contributed by atoms with E-state index in [1.165, 1.54) is 0 Å². The smallest absolute Gasteiger partial charge is 0.242 e. The molecule has 1 atom stereocenters. The third kappa shape index (κ3) is 5.33. The minimum atomic E-state index is -0.576. The fourth-order valence-electron chi connectivity index (χ4n) is 2.59. The Morgan fingerprint density at radius 2 is 1.72 bits per heavy atom. The first-order valence-corrected chi connectivity index (χ1v) is 8.75. The number of hydrogen-bond acceptors (Lipinski definition) is 2. The lowest BCUT2D eigenvalue weighted by molar-refractivity contribution is -0.140. The minimum Gasteiger partial charge on any atom is -0.355 e. The van der Waals surface area contributed by atoms with Crippen LogP contribution < -0.4 is 5.32 Å². The standard InChI is InChI=1S/C20H23ClN2O2/c1-3-22-20(25)15(2)23(14-17-11-7-8-12-18(17)21)19(24)13-16-9-5-4-6-10-16/h4-12,15H,3,13-14H2,1-2H3,(H,22,25)/t15-/m1/s1. The van der Waals surface area contributed by atoms with E-state index in [0.717, 1.165) is 11.1 Å². The zero-order valence-corrected chi connectivity index (χ0v) is 15.3. The van der Waals surface area contributed by atoms with Crippen LogP contribution in [0.5, 0.6) is 0 Å². The van der Waals surface area contributed by atoms with Crippen LogP contribution in [-0.2, 0) is 22.6 Å². The number of nitrogens with zero attached hydrogens (tertiary/aromatic N) is 1. The van der Waals surface area contributed by atoms with E-state index in [4.69, 9.17) is 11.6 Å². The van der Waals surface area contributed by atoms with Crippen molar-refractivity contribution in [3.63, 3.8) is 0 Å². The Kier molecular flexibility index (Phi) is 7.02. The van der Waals surface area contributed by atoms with Gasteiger partial charge >= 0.3 is 0 Å². The summed E-state index contributed by atoms with van der Waals surface area (Å²) in [6, 6.07) is 16.3. The Bertz CT molecular complexity index is 719. The Labute approximate surface area is 153 Å². The van der Waals surface area contributed by atoms with Crippen molar-refractivity contribution in [2.24, 2.45) is 0 Å². The monoisotopic (exact) mass is 358 g/mol. The summed E-state index contributed by atoms with van der Waals surface area (Å²) in [6.45, 7) is 4.42. The van der Waals surface area contributed by atoms with Crippen molar-refractivity contribution >= 4 is 23.4 Å². The van der Waals surface area contributed by atoms with Crippen molar-refractivity contribution in [3.8, 4) is 0 Å². The molecule has 0 heterocycles. The van der Waals surface area contributed by atoms with E-state index in [9.17, 15) is 9.59 Å². The molecule has 0 aromatic heterocycles. The molecule has 0 aliphatic rings. The molecule has 0 spiro atoms. The van der Waals surface area contributed by atoms with Gasteiger partial charge in [-0.25, -0.2) is 0 Å². The van der Waals surface area contributed by atoms with Crippen LogP contribution in [0.1, 0.15) is 25.0 Å². The van der Waals surface area contributed by atoms with Crippen LogP contribution in [0.2, 0.25) is 5.02 Å². The molecule has 0 fully saturated rings. The molecule has 0 radical (unpaired) electrons. The van der Waals surface area contributed by atoms with Crippen molar-refractivity contribution in [1.82, 2.24) is 10.2 Å². The second-order valence-corrected chi connectivity index (χ2v) is 6.25. The van der Waals surface area contributed by atoms with Gasteiger partial charge in [0, 0.05) is 18.1 Å². The summed E-state index contributed by atoms with van der Waals surface area (Å²) in [6.07, 6.45) is 0.245. The molecule has 2 aromatic rings. The molecule has 4 nitrogen and oxygen atoms in total. The highest BCUT2D eigenvalue weighted by Crippen LogP contribution is 2.19. The Balaban J connectivity index is 2.23. The van der Waals surface area contributed by atoms with Gasteiger partial charge in [0.2, 0.25) is 11.8 Å². The first kappa shape index (κ1) is 19.0. The van der Waals surface area contributed by atoms with Gasteiger partial charge in [0.1, 0.15) is 6.04 Å². The molecule has 2 aromatic carbocycles. The van der Waals surface area contributed by atoms with Crippen LogP contribution in [-0.4, -0.2) is 29.3 Å². The van der Waals surface area contributed by atoms with E-state index in [0.29, 0.717) is 18.1 Å². The van der Waals surface area contributed by atoms with Crippen molar-refractivity contribution in [2.75, 3.05) is 6.54 Å². The van der Waals surface area contributed by atoms with Gasteiger partial charge in [0.25, 0.3) is 0 Å². The van der Waals surface area contributed by atoms with E-state index >= 15 is 0 Å². The number of likely N-dealkylation sites (N-methyl/N-ethyl adjacent to an activating group) is 1. The molecule has 25 heavy (non-hydrogen) atoms. The first-order chi connectivity index (χ1) is 12.0. The SMILES string of the molecule is CCNC(=O)[C@@H](C)N(Cc1ccccc1Cl)C(=O)Cc1ccccc1. The number of carbonyl (C=O) groups excluding carboxylic acids is 2. The number of amides is 2. The fourth-order valence-corrected chi connectivity index (χ4v) is 2.78. The maximum atomic E-state index is 12.9. The molecular formula is C20H23ClN2O2. The maximum absolute atomic E-state index is 12.9. The molecule has 1 N–H and O–H groups in total. The third-order valence-electron chi connectivity index (χ3n) is 4.02. The quantitative estimate of drug-likeness (QED) is 0.824. The predicted molar refractivity (Wildman–Crippen MR) is 100 cm³/mol. The van der Waals surface area contributed by atoms with Crippen molar-refractivity contribution in [3.05, 3.63) is 70.7 Å². The Morgan fingerprint density at radius 1 is 1.08 bits per heavy atom. The molecule has 5 heteroatoms. The second-order valence-electron chi connectivity index (χ2n) is 5.85. The highest BCUT2D eigenvalue weighted by Gasteiger charge is 2.26. The first-order valence-electron chi connectivity index (χ1n) is 8.37. The molecule has 0 aliphatic heterocycles. The van der Waals surface area contributed by atoms with E-state index in [1.807, 2.05) is 55.5 Å². The van der Waals surface area contributed by atoms with Gasteiger partial charge in [-0.1, -0.05) is 60.1 Å². The summed E-state index contributed by atoms with van der Waals surface area (Å²) in [7, 11) is 0. The fraction of sp³-hybridized carbons (Fsp3) is 0.300. The number of benzene rings is 2. The van der Waals surface area contributed by atoms with Crippen LogP contribution in [0.3, 0.4) is 0 Å². The van der Waals surface area contributed by atoms with E-state index in [1.54, 1.807) is 17.9 Å². The lowest BCUT2D eigenvalue weighted by Crippen LogP contribution is -2.48. The highest BCUT2D eigenvalue weighted by molar-refractivity contribution is 6.31. The summed E-state index contributed by atoms with van der Waals surface area (Å²) >= 11 is 6.24. The zero-order valence-electron chi connectivity index (χ0n) is 14.5. The molecule has 132 valence electrons. The van der Waals surface area contributed by atoms with Crippen LogP contribution in [0.15, 0.2) is 54.6 Å². The van der Waals surface area contributed by atoms with Crippen molar-refractivity contribution in [2.45, 2.75) is 32.9 Å². The van der Waals surface area contributed by atoms with Crippen molar-refractivity contribution in [1.29, 1.82) is 0 Å². The lowest BCUT2D eigenvalue weighted by atomic mass is 10.1. The van der Waals surface area contributed by atoms with Gasteiger partial charge in [0.05, 0.1) is 6.42 Å². The van der Waals surface area contributed by atoms with Gasteiger partial charge < -0.3 is 10.2 Å².